The number of carbonyl (C=O) groups is 1. The molecule has 1 aromatic carbocycles. The Morgan fingerprint density at radius 3 is 2.50 bits per heavy atom. The second kappa shape index (κ2) is 5.51. The first-order valence-corrected chi connectivity index (χ1v) is 5.72. The third-order valence-electron chi connectivity index (χ3n) is 2.72. The molecule has 4 heteroatoms. The first-order valence-electron chi connectivity index (χ1n) is 5.72. The summed E-state index contributed by atoms with van der Waals surface area (Å²) in [7, 11) is 0. The van der Waals surface area contributed by atoms with Crippen LogP contribution in [0.2, 0.25) is 0 Å². The van der Waals surface area contributed by atoms with Crippen LogP contribution >= 0.6 is 0 Å². The van der Waals surface area contributed by atoms with Gasteiger partial charge in [-0.05, 0) is 30.5 Å². The minimum absolute atomic E-state index is 0.149. The zero-order valence-electron chi connectivity index (χ0n) is 9.74. The first kappa shape index (κ1) is 12.4. The van der Waals surface area contributed by atoms with Crippen LogP contribution in [0, 0.1) is 0 Å². The van der Waals surface area contributed by atoms with E-state index < -0.39 is 12.1 Å². The van der Waals surface area contributed by atoms with E-state index in [0.29, 0.717) is 18.6 Å². The molecule has 0 amide bonds. The maximum absolute atomic E-state index is 10.6. The SMILES string of the molecule is O=C(O)c1ccc(C(O)CCc2ccccc2)o1. The molecule has 0 aliphatic carbocycles. The molecule has 2 aromatic rings. The molecule has 1 aromatic heterocycles. The highest BCUT2D eigenvalue weighted by Gasteiger charge is 2.15. The fraction of sp³-hybridized carbons (Fsp3) is 0.214. The number of aliphatic hydroxyl groups is 1. The van der Waals surface area contributed by atoms with Crippen molar-refractivity contribution in [2.75, 3.05) is 0 Å². The third kappa shape index (κ3) is 2.99. The number of carboxylic acid groups (broad SMARTS) is 1. The van der Waals surface area contributed by atoms with E-state index in [-0.39, 0.29) is 5.76 Å². The molecule has 94 valence electrons. The lowest BCUT2D eigenvalue weighted by Crippen LogP contribution is -1.98. The quantitative estimate of drug-likeness (QED) is 0.850. The number of hydrogen-bond acceptors (Lipinski definition) is 3. The summed E-state index contributed by atoms with van der Waals surface area (Å²) in [5.41, 5.74) is 1.13. The molecule has 1 unspecified atom stereocenters. The molecular formula is C14H14O4. The summed E-state index contributed by atoms with van der Waals surface area (Å²) < 4.78 is 5.05. The molecule has 0 spiro atoms. The molecule has 0 radical (unpaired) electrons. The van der Waals surface area contributed by atoms with Crippen molar-refractivity contribution < 1.29 is 19.4 Å². The van der Waals surface area contributed by atoms with Crippen LogP contribution in [0.15, 0.2) is 46.9 Å². The lowest BCUT2D eigenvalue weighted by Gasteiger charge is -2.07. The molecule has 2 N–H and O–H groups in total. The predicted molar refractivity (Wildman–Crippen MR) is 65.4 cm³/mol. The molecule has 0 fully saturated rings. The monoisotopic (exact) mass is 246 g/mol. The number of rotatable bonds is 5. The second-order valence-electron chi connectivity index (χ2n) is 4.05. The van der Waals surface area contributed by atoms with Crippen molar-refractivity contribution >= 4 is 5.97 Å². The third-order valence-corrected chi connectivity index (χ3v) is 2.72. The summed E-state index contributed by atoms with van der Waals surface area (Å²) in [5, 5.41) is 18.6. The minimum atomic E-state index is -1.13. The van der Waals surface area contributed by atoms with E-state index in [4.69, 9.17) is 9.52 Å². The van der Waals surface area contributed by atoms with Gasteiger partial charge < -0.3 is 14.6 Å². The summed E-state index contributed by atoms with van der Waals surface area (Å²) in [4.78, 5) is 10.6. The summed E-state index contributed by atoms with van der Waals surface area (Å²) in [6.07, 6.45) is 0.431. The van der Waals surface area contributed by atoms with Crippen molar-refractivity contribution in [3.8, 4) is 0 Å². The van der Waals surface area contributed by atoms with Gasteiger partial charge in [-0.3, -0.25) is 0 Å². The molecule has 0 bridgehead atoms. The zero-order chi connectivity index (χ0) is 13.0. The Labute approximate surface area is 104 Å². The number of furan rings is 1. The smallest absolute Gasteiger partial charge is 0.371 e. The van der Waals surface area contributed by atoms with Crippen molar-refractivity contribution in [2.24, 2.45) is 0 Å². The molecule has 0 saturated carbocycles. The fourth-order valence-electron chi connectivity index (χ4n) is 1.74. The summed E-state index contributed by atoms with van der Waals surface area (Å²) in [6, 6.07) is 12.6. The number of aryl methyl sites for hydroxylation is 1. The van der Waals surface area contributed by atoms with Crippen molar-refractivity contribution in [3.05, 3.63) is 59.5 Å². The predicted octanol–water partition coefficient (Wildman–Crippen LogP) is 2.64. The van der Waals surface area contributed by atoms with E-state index >= 15 is 0 Å². The van der Waals surface area contributed by atoms with Crippen LogP contribution in [0.25, 0.3) is 0 Å². The number of benzene rings is 1. The van der Waals surface area contributed by atoms with Gasteiger partial charge in [0.15, 0.2) is 0 Å². The second-order valence-corrected chi connectivity index (χ2v) is 4.05. The molecule has 0 saturated heterocycles. The number of aliphatic hydroxyl groups excluding tert-OH is 1. The van der Waals surface area contributed by atoms with Crippen LogP contribution in [0.4, 0.5) is 0 Å². The highest BCUT2D eigenvalue weighted by molar-refractivity contribution is 5.84. The number of hydrogen-bond donors (Lipinski definition) is 2. The summed E-state index contributed by atoms with van der Waals surface area (Å²) in [6.45, 7) is 0. The van der Waals surface area contributed by atoms with Gasteiger partial charge in [0.2, 0.25) is 5.76 Å². The Balaban J connectivity index is 1.95. The van der Waals surface area contributed by atoms with Gasteiger partial charge in [-0.1, -0.05) is 30.3 Å². The van der Waals surface area contributed by atoms with Gasteiger partial charge in [0.05, 0.1) is 0 Å². The van der Waals surface area contributed by atoms with Crippen LogP contribution in [-0.2, 0) is 6.42 Å². The summed E-state index contributed by atoms with van der Waals surface area (Å²) >= 11 is 0. The van der Waals surface area contributed by atoms with E-state index in [9.17, 15) is 9.90 Å². The van der Waals surface area contributed by atoms with Crippen LogP contribution in [0.5, 0.6) is 0 Å². The lowest BCUT2D eigenvalue weighted by atomic mass is 10.1. The minimum Gasteiger partial charge on any atom is -0.475 e. The molecule has 0 aliphatic heterocycles. The van der Waals surface area contributed by atoms with E-state index in [1.54, 1.807) is 0 Å². The van der Waals surface area contributed by atoms with Gasteiger partial charge in [-0.15, -0.1) is 0 Å². The van der Waals surface area contributed by atoms with Crippen LogP contribution < -0.4 is 0 Å². The van der Waals surface area contributed by atoms with E-state index in [0.717, 1.165) is 5.56 Å². The Morgan fingerprint density at radius 2 is 1.89 bits per heavy atom. The molecule has 18 heavy (non-hydrogen) atoms. The van der Waals surface area contributed by atoms with Gasteiger partial charge in [-0.2, -0.15) is 0 Å². The van der Waals surface area contributed by atoms with Gasteiger partial charge in [0.25, 0.3) is 0 Å². The summed E-state index contributed by atoms with van der Waals surface area (Å²) in [5.74, 6) is -0.983. The van der Waals surface area contributed by atoms with Crippen molar-refractivity contribution in [1.29, 1.82) is 0 Å². The van der Waals surface area contributed by atoms with Crippen LogP contribution in [0.1, 0.15) is 34.4 Å². The normalized spacial score (nSPS) is 12.3. The number of aromatic carboxylic acids is 1. The molecule has 4 nitrogen and oxygen atoms in total. The van der Waals surface area contributed by atoms with Gasteiger partial charge in [0.1, 0.15) is 11.9 Å². The highest BCUT2D eigenvalue weighted by atomic mass is 16.4. The van der Waals surface area contributed by atoms with Crippen molar-refractivity contribution in [2.45, 2.75) is 18.9 Å². The Morgan fingerprint density at radius 1 is 1.17 bits per heavy atom. The molecule has 1 heterocycles. The molecule has 0 aliphatic rings. The van der Waals surface area contributed by atoms with Gasteiger partial charge >= 0.3 is 5.97 Å². The average Bonchev–Trinajstić information content (AvgIpc) is 2.87. The largest absolute Gasteiger partial charge is 0.475 e. The maximum Gasteiger partial charge on any atom is 0.371 e. The highest BCUT2D eigenvalue weighted by Crippen LogP contribution is 2.21. The molecule has 2 rings (SSSR count). The maximum atomic E-state index is 10.6. The zero-order valence-corrected chi connectivity index (χ0v) is 9.74. The first-order chi connectivity index (χ1) is 8.66. The Kier molecular flexibility index (Phi) is 3.79. The van der Waals surface area contributed by atoms with E-state index in [1.807, 2.05) is 30.3 Å². The standard InChI is InChI=1S/C14H14O4/c15-11(7-6-10-4-2-1-3-5-10)12-8-9-13(18-12)14(16)17/h1-5,8-9,11,15H,6-7H2,(H,16,17). The lowest BCUT2D eigenvalue weighted by molar-refractivity contribution is 0.0650. The Bertz CT molecular complexity index is 516. The topological polar surface area (TPSA) is 70.7 Å². The average molecular weight is 246 g/mol. The molecule has 1 atom stereocenters. The van der Waals surface area contributed by atoms with E-state index in [2.05, 4.69) is 0 Å². The van der Waals surface area contributed by atoms with Crippen molar-refractivity contribution in [1.82, 2.24) is 0 Å². The fourth-order valence-corrected chi connectivity index (χ4v) is 1.74. The van der Waals surface area contributed by atoms with Gasteiger partial charge in [-0.25, -0.2) is 4.79 Å². The van der Waals surface area contributed by atoms with Crippen LogP contribution in [-0.4, -0.2) is 16.2 Å². The molecular weight excluding hydrogens is 232 g/mol. The Hall–Kier alpha value is -2.07. The van der Waals surface area contributed by atoms with E-state index in [1.165, 1.54) is 12.1 Å². The number of carboxylic acids is 1. The van der Waals surface area contributed by atoms with Crippen LogP contribution in [0.3, 0.4) is 0 Å². The van der Waals surface area contributed by atoms with Gasteiger partial charge in [0, 0.05) is 0 Å². The van der Waals surface area contributed by atoms with Crippen molar-refractivity contribution in [3.63, 3.8) is 0 Å².